The van der Waals surface area contributed by atoms with Crippen LogP contribution in [0.25, 0.3) is 0 Å². The van der Waals surface area contributed by atoms with Gasteiger partial charge in [0.05, 0.1) is 0 Å². The number of nitrogens with zero attached hydrogens (tertiary/aromatic N) is 3. The van der Waals surface area contributed by atoms with Crippen LogP contribution in [0.5, 0.6) is 0 Å². The van der Waals surface area contributed by atoms with Crippen LogP contribution in [-0.2, 0) is 17.9 Å². The van der Waals surface area contributed by atoms with E-state index in [-0.39, 0.29) is 18.6 Å². The molecule has 3 aromatic rings. The van der Waals surface area contributed by atoms with Crippen molar-refractivity contribution < 1.29 is 14.3 Å². The molecule has 0 bridgehead atoms. The lowest BCUT2D eigenvalue weighted by Crippen LogP contribution is -2.29. The molecule has 0 aliphatic rings. The number of anilines is 1. The summed E-state index contributed by atoms with van der Waals surface area (Å²) in [4.78, 5) is 26.4. The van der Waals surface area contributed by atoms with E-state index in [1.165, 1.54) is 0 Å². The van der Waals surface area contributed by atoms with E-state index in [9.17, 15) is 9.59 Å². The molecule has 1 heterocycles. The first kappa shape index (κ1) is 22.1. The molecule has 31 heavy (non-hydrogen) atoms. The predicted molar refractivity (Wildman–Crippen MR) is 120 cm³/mol. The van der Waals surface area contributed by atoms with Crippen molar-refractivity contribution in [1.82, 2.24) is 14.7 Å². The minimum atomic E-state index is -0.512. The molecule has 0 spiro atoms. The summed E-state index contributed by atoms with van der Waals surface area (Å²) in [5, 5.41) is 6.94. The molecule has 0 aliphatic heterocycles. The van der Waals surface area contributed by atoms with E-state index in [2.05, 4.69) is 10.4 Å². The van der Waals surface area contributed by atoms with Crippen molar-refractivity contribution in [2.75, 3.05) is 12.4 Å². The molecular weight excluding hydrogens is 392 g/mol. The largest absolute Gasteiger partial charge is 0.444 e. The quantitative estimate of drug-likeness (QED) is 0.596. The molecule has 0 aliphatic carbocycles. The van der Waals surface area contributed by atoms with Gasteiger partial charge in [-0.05, 0) is 50.1 Å². The molecule has 0 saturated heterocycles. The van der Waals surface area contributed by atoms with Gasteiger partial charge < -0.3 is 9.64 Å². The Labute approximate surface area is 182 Å². The van der Waals surface area contributed by atoms with Gasteiger partial charge in [-0.15, -0.1) is 0 Å². The summed E-state index contributed by atoms with van der Waals surface area (Å²) in [6, 6.07) is 17.0. The highest BCUT2D eigenvalue weighted by molar-refractivity contribution is 5.92. The highest BCUT2D eigenvalue weighted by atomic mass is 16.5. The molecule has 0 unspecified atom stereocenters. The minimum Gasteiger partial charge on any atom is -0.444 e. The lowest BCUT2D eigenvalue weighted by atomic mass is 10.2. The molecule has 1 aromatic heterocycles. The molecule has 162 valence electrons. The molecule has 1 N–H and O–H groups in total. The van der Waals surface area contributed by atoms with Crippen molar-refractivity contribution in [1.29, 1.82) is 0 Å². The van der Waals surface area contributed by atoms with Gasteiger partial charge in [-0.25, -0.2) is 4.79 Å². The van der Waals surface area contributed by atoms with Crippen LogP contribution in [0.4, 0.5) is 10.5 Å². The van der Waals surface area contributed by atoms with Crippen molar-refractivity contribution in [2.24, 2.45) is 0 Å². The highest BCUT2D eigenvalue weighted by Gasteiger charge is 2.18. The Kier molecular flexibility index (Phi) is 7.07. The van der Waals surface area contributed by atoms with Gasteiger partial charge in [-0.1, -0.05) is 42.0 Å². The van der Waals surface area contributed by atoms with Crippen LogP contribution in [0.15, 0.2) is 60.8 Å². The average molecular weight is 421 g/mol. The van der Waals surface area contributed by atoms with Gasteiger partial charge in [0.25, 0.3) is 5.91 Å². The van der Waals surface area contributed by atoms with Gasteiger partial charge in [-0.2, -0.15) is 5.10 Å². The van der Waals surface area contributed by atoms with Gasteiger partial charge in [-0.3, -0.25) is 14.8 Å². The fourth-order valence-electron chi connectivity index (χ4n) is 3.12. The average Bonchev–Trinajstić information content (AvgIpc) is 3.24. The molecular formula is C24H28N4O3. The number of hydrogen-bond donors (Lipinski definition) is 1. The maximum Gasteiger partial charge on any atom is 0.411 e. The Morgan fingerprint density at radius 2 is 1.68 bits per heavy atom. The van der Waals surface area contributed by atoms with E-state index < -0.39 is 6.09 Å². The summed E-state index contributed by atoms with van der Waals surface area (Å²) in [5.74, 6) is -0.0897. The second-order valence-corrected chi connectivity index (χ2v) is 7.80. The topological polar surface area (TPSA) is 76.5 Å². The first-order valence-electron chi connectivity index (χ1n) is 10.2. The molecule has 0 saturated carbocycles. The first-order valence-corrected chi connectivity index (χ1v) is 10.2. The third kappa shape index (κ3) is 5.94. The zero-order chi connectivity index (χ0) is 22.4. The van der Waals surface area contributed by atoms with Crippen LogP contribution in [-0.4, -0.2) is 33.7 Å². The number of benzene rings is 2. The molecule has 3 rings (SSSR count). The molecule has 2 aromatic carbocycles. The van der Waals surface area contributed by atoms with Gasteiger partial charge in [0.15, 0.2) is 0 Å². The van der Waals surface area contributed by atoms with E-state index in [1.807, 2.05) is 57.2 Å². The maximum atomic E-state index is 12.7. The maximum absolute atomic E-state index is 12.7. The van der Waals surface area contributed by atoms with Crippen molar-refractivity contribution in [3.8, 4) is 0 Å². The third-order valence-corrected chi connectivity index (χ3v) is 4.84. The van der Waals surface area contributed by atoms with Crippen molar-refractivity contribution in [3.63, 3.8) is 0 Å². The van der Waals surface area contributed by atoms with Crippen LogP contribution in [0, 0.1) is 6.92 Å². The van der Waals surface area contributed by atoms with Crippen LogP contribution in [0.1, 0.15) is 47.1 Å². The Hall–Kier alpha value is -3.61. The second-order valence-electron chi connectivity index (χ2n) is 7.80. The van der Waals surface area contributed by atoms with E-state index in [0.29, 0.717) is 17.9 Å². The minimum absolute atomic E-state index is 0.0897. The standard InChI is InChI=1S/C24H28N4O3/c1-17(2)28-22(13-14-25-28)23(29)27(4)15-19-9-11-21(12-10-19)26-24(30)31-16-20-7-5-18(3)6-8-20/h5-14,17H,15-16H2,1-4H3,(H,26,30). The summed E-state index contributed by atoms with van der Waals surface area (Å²) < 4.78 is 6.98. The SMILES string of the molecule is Cc1ccc(COC(=O)Nc2ccc(CN(C)C(=O)c3ccnn3C(C)C)cc2)cc1. The summed E-state index contributed by atoms with van der Waals surface area (Å²) in [5.41, 5.74) is 4.23. The van der Waals surface area contributed by atoms with E-state index >= 15 is 0 Å². The fraction of sp³-hybridized carbons (Fsp3) is 0.292. The summed E-state index contributed by atoms with van der Waals surface area (Å²) in [7, 11) is 1.76. The van der Waals surface area contributed by atoms with Gasteiger partial charge in [0.2, 0.25) is 0 Å². The number of carbonyl (C=O) groups is 2. The summed E-state index contributed by atoms with van der Waals surface area (Å²) in [6.45, 7) is 6.64. The Morgan fingerprint density at radius 3 is 2.32 bits per heavy atom. The molecule has 0 atom stereocenters. The van der Waals surface area contributed by atoms with Crippen LogP contribution >= 0.6 is 0 Å². The number of hydrogen-bond acceptors (Lipinski definition) is 4. The van der Waals surface area contributed by atoms with Crippen molar-refractivity contribution in [3.05, 3.63) is 83.2 Å². The number of carbonyl (C=O) groups excluding carboxylic acids is 2. The van der Waals surface area contributed by atoms with E-state index in [1.54, 1.807) is 41.0 Å². The van der Waals surface area contributed by atoms with Gasteiger partial charge >= 0.3 is 6.09 Å². The Bertz CT molecular complexity index is 1020. The predicted octanol–water partition coefficient (Wildman–Crippen LogP) is 4.79. The van der Waals surface area contributed by atoms with E-state index in [0.717, 1.165) is 16.7 Å². The first-order chi connectivity index (χ1) is 14.8. The lowest BCUT2D eigenvalue weighted by molar-refractivity contribution is 0.0770. The number of aryl methyl sites for hydroxylation is 1. The van der Waals surface area contributed by atoms with Gasteiger partial charge in [0, 0.05) is 31.5 Å². The monoisotopic (exact) mass is 420 g/mol. The number of aromatic nitrogens is 2. The van der Waals surface area contributed by atoms with Crippen LogP contribution in [0.3, 0.4) is 0 Å². The molecule has 2 amide bonds. The number of amides is 2. The van der Waals surface area contributed by atoms with Crippen LogP contribution < -0.4 is 5.32 Å². The van der Waals surface area contributed by atoms with Crippen LogP contribution in [0.2, 0.25) is 0 Å². The molecule has 0 fully saturated rings. The van der Waals surface area contributed by atoms with Gasteiger partial charge in [0.1, 0.15) is 12.3 Å². The second kappa shape index (κ2) is 9.93. The number of ether oxygens (including phenoxy) is 1. The Morgan fingerprint density at radius 1 is 1.03 bits per heavy atom. The normalized spacial score (nSPS) is 10.7. The highest BCUT2D eigenvalue weighted by Crippen LogP contribution is 2.15. The summed E-state index contributed by atoms with van der Waals surface area (Å²) >= 11 is 0. The third-order valence-electron chi connectivity index (χ3n) is 4.84. The molecule has 7 heteroatoms. The molecule has 7 nitrogen and oxygen atoms in total. The van der Waals surface area contributed by atoms with Crippen molar-refractivity contribution in [2.45, 2.75) is 40.0 Å². The Balaban J connectivity index is 1.52. The molecule has 0 radical (unpaired) electrons. The van der Waals surface area contributed by atoms with Crippen molar-refractivity contribution >= 4 is 17.7 Å². The fourth-order valence-corrected chi connectivity index (χ4v) is 3.12. The van der Waals surface area contributed by atoms with E-state index in [4.69, 9.17) is 4.74 Å². The number of nitrogens with one attached hydrogen (secondary N) is 1. The zero-order valence-corrected chi connectivity index (χ0v) is 18.3. The lowest BCUT2D eigenvalue weighted by Gasteiger charge is -2.19. The zero-order valence-electron chi connectivity index (χ0n) is 18.3. The number of rotatable bonds is 7. The summed E-state index contributed by atoms with van der Waals surface area (Å²) in [6.07, 6.45) is 1.13. The smallest absolute Gasteiger partial charge is 0.411 e.